The molecule has 0 spiro atoms. The summed E-state index contributed by atoms with van der Waals surface area (Å²) in [6, 6.07) is 4.78. The molecule has 1 unspecified atom stereocenters. The molecule has 0 aliphatic carbocycles. The fraction of sp³-hybridized carbons (Fsp3) is 0.500. The second-order valence-electron chi connectivity index (χ2n) is 6.06. The molecule has 0 aliphatic heterocycles. The van der Waals surface area contributed by atoms with E-state index in [9.17, 15) is 22.8 Å². The number of hydrogen-bond acceptors (Lipinski definition) is 2. The van der Waals surface area contributed by atoms with E-state index in [0.29, 0.717) is 5.56 Å². The summed E-state index contributed by atoms with van der Waals surface area (Å²) >= 11 is 0. The lowest BCUT2D eigenvalue weighted by Gasteiger charge is -2.33. The van der Waals surface area contributed by atoms with Gasteiger partial charge in [0.1, 0.15) is 5.54 Å². The number of benzene rings is 1. The first kappa shape index (κ1) is 19.0. The summed E-state index contributed by atoms with van der Waals surface area (Å²) in [5.41, 5.74) is -1.78. The fourth-order valence-electron chi connectivity index (χ4n) is 2.07. The topological polar surface area (TPSA) is 57.6 Å². The molecule has 0 saturated carbocycles. The number of amides is 1. The first-order valence-electron chi connectivity index (χ1n) is 7.04. The van der Waals surface area contributed by atoms with Gasteiger partial charge in [-0.1, -0.05) is 25.1 Å². The van der Waals surface area contributed by atoms with Crippen LogP contribution in [0.1, 0.15) is 31.9 Å². The van der Waals surface area contributed by atoms with Crippen molar-refractivity contribution in [1.29, 1.82) is 0 Å². The molecule has 128 valence electrons. The Morgan fingerprint density at radius 2 is 1.83 bits per heavy atom. The first-order valence-corrected chi connectivity index (χ1v) is 7.04. The smallest absolute Gasteiger partial charge is 0.416 e. The zero-order chi connectivity index (χ0) is 18.0. The lowest BCUT2D eigenvalue weighted by molar-refractivity contribution is -0.156. The van der Waals surface area contributed by atoms with E-state index in [1.807, 2.05) is 0 Å². The van der Waals surface area contributed by atoms with Crippen LogP contribution in [0.3, 0.4) is 0 Å². The van der Waals surface area contributed by atoms with Crippen LogP contribution in [-0.2, 0) is 22.2 Å². The van der Waals surface area contributed by atoms with Crippen molar-refractivity contribution in [2.24, 2.45) is 5.92 Å². The third-order valence-electron chi connectivity index (χ3n) is 3.91. The average molecular weight is 331 g/mol. The molecule has 0 heterocycles. The molecule has 0 radical (unpaired) electrons. The van der Waals surface area contributed by atoms with Crippen LogP contribution in [-0.4, -0.2) is 34.5 Å². The summed E-state index contributed by atoms with van der Waals surface area (Å²) in [6.07, 6.45) is -4.34. The maximum absolute atomic E-state index is 12.7. The number of carbonyl (C=O) groups is 2. The Balaban J connectivity index is 2.90. The quantitative estimate of drug-likeness (QED) is 0.901. The molecule has 7 heteroatoms. The summed E-state index contributed by atoms with van der Waals surface area (Å²) < 4.78 is 38.1. The Morgan fingerprint density at radius 1 is 1.26 bits per heavy atom. The van der Waals surface area contributed by atoms with E-state index >= 15 is 0 Å². The van der Waals surface area contributed by atoms with Gasteiger partial charge >= 0.3 is 12.1 Å². The highest BCUT2D eigenvalue weighted by molar-refractivity contribution is 5.87. The third-order valence-corrected chi connectivity index (χ3v) is 3.91. The van der Waals surface area contributed by atoms with E-state index in [0.717, 1.165) is 17.0 Å². The second kappa shape index (κ2) is 6.60. The van der Waals surface area contributed by atoms with E-state index < -0.39 is 35.1 Å². The number of carboxylic acid groups (broad SMARTS) is 1. The average Bonchev–Trinajstić information content (AvgIpc) is 2.44. The van der Waals surface area contributed by atoms with Crippen LogP contribution in [0.25, 0.3) is 0 Å². The summed E-state index contributed by atoms with van der Waals surface area (Å²) in [5, 5.41) is 9.14. The molecule has 1 amide bonds. The molecule has 0 aliphatic rings. The van der Waals surface area contributed by atoms with Crippen molar-refractivity contribution in [3.63, 3.8) is 0 Å². The number of carboxylic acids is 1. The standard InChI is InChI=1S/C16H20F3NO3/c1-10(13(21)20(4)15(2,3)14(22)23)8-11-6-5-7-12(9-11)16(17,18)19/h5-7,9-10H,8H2,1-4H3,(H,22,23). The van der Waals surface area contributed by atoms with Crippen molar-refractivity contribution in [3.8, 4) is 0 Å². The van der Waals surface area contributed by atoms with Gasteiger partial charge in [-0.15, -0.1) is 0 Å². The minimum absolute atomic E-state index is 0.1000. The number of aliphatic carboxylic acids is 1. The predicted molar refractivity (Wildman–Crippen MR) is 78.8 cm³/mol. The summed E-state index contributed by atoms with van der Waals surface area (Å²) in [6.45, 7) is 4.35. The fourth-order valence-corrected chi connectivity index (χ4v) is 2.07. The number of carbonyl (C=O) groups excluding carboxylic acids is 1. The van der Waals surface area contributed by atoms with E-state index in [1.54, 1.807) is 6.92 Å². The van der Waals surface area contributed by atoms with Gasteiger partial charge in [0.25, 0.3) is 0 Å². The van der Waals surface area contributed by atoms with Gasteiger partial charge in [-0.05, 0) is 31.9 Å². The lowest BCUT2D eigenvalue weighted by Crippen LogP contribution is -2.52. The zero-order valence-electron chi connectivity index (χ0n) is 13.4. The highest BCUT2D eigenvalue weighted by atomic mass is 19.4. The Labute approximate surface area is 132 Å². The Kier molecular flexibility index (Phi) is 5.45. The molecule has 1 aromatic carbocycles. The molecule has 1 rings (SSSR count). The van der Waals surface area contributed by atoms with Crippen LogP contribution >= 0.6 is 0 Å². The van der Waals surface area contributed by atoms with Gasteiger partial charge in [-0.25, -0.2) is 4.79 Å². The van der Waals surface area contributed by atoms with E-state index in [1.165, 1.54) is 33.0 Å². The Morgan fingerprint density at radius 3 is 2.30 bits per heavy atom. The van der Waals surface area contributed by atoms with Gasteiger partial charge in [-0.2, -0.15) is 13.2 Å². The van der Waals surface area contributed by atoms with Crippen molar-refractivity contribution in [2.45, 2.75) is 38.9 Å². The third kappa shape index (κ3) is 4.46. The van der Waals surface area contributed by atoms with Gasteiger partial charge in [0.15, 0.2) is 0 Å². The highest BCUT2D eigenvalue weighted by Gasteiger charge is 2.37. The molecule has 0 fully saturated rings. The number of alkyl halides is 3. The monoisotopic (exact) mass is 331 g/mol. The van der Waals surface area contributed by atoms with Crippen LogP contribution < -0.4 is 0 Å². The summed E-state index contributed by atoms with van der Waals surface area (Å²) in [4.78, 5) is 24.6. The number of halogens is 3. The van der Waals surface area contributed by atoms with Gasteiger partial charge in [0, 0.05) is 13.0 Å². The van der Waals surface area contributed by atoms with Gasteiger partial charge in [0.2, 0.25) is 5.91 Å². The summed E-state index contributed by atoms with van der Waals surface area (Å²) in [5.74, 6) is -2.23. The SMILES string of the molecule is CC(Cc1cccc(C(F)(F)F)c1)C(=O)N(C)C(C)(C)C(=O)O. The number of nitrogens with zero attached hydrogens (tertiary/aromatic N) is 1. The summed E-state index contributed by atoms with van der Waals surface area (Å²) in [7, 11) is 1.37. The minimum Gasteiger partial charge on any atom is -0.480 e. The maximum atomic E-state index is 12.7. The van der Waals surface area contributed by atoms with Crippen LogP contribution in [0.5, 0.6) is 0 Å². The largest absolute Gasteiger partial charge is 0.480 e. The lowest BCUT2D eigenvalue weighted by atomic mass is 9.95. The predicted octanol–water partition coefficient (Wildman–Crippen LogP) is 3.21. The van der Waals surface area contributed by atoms with Crippen molar-refractivity contribution in [2.75, 3.05) is 7.05 Å². The Hall–Kier alpha value is -2.05. The van der Waals surface area contributed by atoms with Crippen molar-refractivity contribution in [1.82, 2.24) is 4.90 Å². The minimum atomic E-state index is -4.44. The van der Waals surface area contributed by atoms with E-state index in [-0.39, 0.29) is 6.42 Å². The Bertz CT molecular complexity index is 596. The van der Waals surface area contributed by atoms with Crippen LogP contribution in [0.15, 0.2) is 24.3 Å². The molecular weight excluding hydrogens is 311 g/mol. The zero-order valence-corrected chi connectivity index (χ0v) is 13.4. The molecule has 0 aromatic heterocycles. The second-order valence-corrected chi connectivity index (χ2v) is 6.06. The molecule has 1 atom stereocenters. The van der Waals surface area contributed by atoms with Crippen LogP contribution in [0, 0.1) is 5.92 Å². The molecule has 4 nitrogen and oxygen atoms in total. The highest BCUT2D eigenvalue weighted by Crippen LogP contribution is 2.30. The first-order chi connectivity index (χ1) is 10.4. The van der Waals surface area contributed by atoms with Crippen molar-refractivity contribution < 1.29 is 27.9 Å². The van der Waals surface area contributed by atoms with Crippen molar-refractivity contribution >= 4 is 11.9 Å². The number of rotatable bonds is 5. The van der Waals surface area contributed by atoms with Crippen LogP contribution in [0.4, 0.5) is 13.2 Å². The number of hydrogen-bond donors (Lipinski definition) is 1. The maximum Gasteiger partial charge on any atom is 0.416 e. The molecule has 23 heavy (non-hydrogen) atoms. The number of likely N-dealkylation sites (N-methyl/N-ethyl adjacent to an activating group) is 1. The van der Waals surface area contributed by atoms with Gasteiger partial charge in [0.05, 0.1) is 5.56 Å². The molecule has 0 saturated heterocycles. The van der Waals surface area contributed by atoms with Gasteiger partial charge < -0.3 is 10.0 Å². The molecule has 1 N–H and O–H groups in total. The van der Waals surface area contributed by atoms with Crippen LogP contribution in [0.2, 0.25) is 0 Å². The van der Waals surface area contributed by atoms with Gasteiger partial charge in [-0.3, -0.25) is 4.79 Å². The normalized spacial score (nSPS) is 13.5. The van der Waals surface area contributed by atoms with E-state index in [2.05, 4.69) is 0 Å². The van der Waals surface area contributed by atoms with E-state index in [4.69, 9.17) is 5.11 Å². The molecule has 0 bridgehead atoms. The molecule has 1 aromatic rings. The molecular formula is C16H20F3NO3. The van der Waals surface area contributed by atoms with Crippen molar-refractivity contribution in [3.05, 3.63) is 35.4 Å².